The van der Waals surface area contributed by atoms with Crippen LogP contribution in [0, 0.1) is 0 Å². The number of carbonyl (C=O) groups excluding carboxylic acids is 2. The maximum Gasteiger partial charge on any atom is 0.255 e. The Morgan fingerprint density at radius 2 is 1.77 bits per heavy atom. The minimum atomic E-state index is -0.250. The van der Waals surface area contributed by atoms with Crippen molar-refractivity contribution in [1.82, 2.24) is 0 Å². The number of hydrogen-bond donors (Lipinski definition) is 2. The van der Waals surface area contributed by atoms with Gasteiger partial charge in [0.25, 0.3) is 5.91 Å². The Kier molecular flexibility index (Phi) is 5.55. The van der Waals surface area contributed by atoms with Gasteiger partial charge in [0.2, 0.25) is 5.91 Å². The number of carbonyl (C=O) groups is 2. The molecule has 0 aliphatic carbocycles. The number of hydrogen-bond acceptors (Lipinski definition) is 2. The third-order valence-electron chi connectivity index (χ3n) is 3.01. The van der Waals surface area contributed by atoms with Crippen molar-refractivity contribution in [2.24, 2.45) is 0 Å². The zero-order valence-corrected chi connectivity index (χ0v) is 13.0. The van der Waals surface area contributed by atoms with Crippen molar-refractivity contribution in [2.45, 2.75) is 19.8 Å². The van der Waals surface area contributed by atoms with Gasteiger partial charge in [-0.2, -0.15) is 0 Å². The second-order valence-electron chi connectivity index (χ2n) is 4.81. The topological polar surface area (TPSA) is 58.2 Å². The van der Waals surface area contributed by atoms with E-state index in [1.807, 2.05) is 13.0 Å². The number of amides is 2. The van der Waals surface area contributed by atoms with Crippen LogP contribution >= 0.6 is 11.6 Å². The summed E-state index contributed by atoms with van der Waals surface area (Å²) in [7, 11) is 0. The van der Waals surface area contributed by atoms with Gasteiger partial charge in [-0.1, -0.05) is 36.7 Å². The first-order chi connectivity index (χ1) is 10.6. The first-order valence-electron chi connectivity index (χ1n) is 7.06. The van der Waals surface area contributed by atoms with E-state index in [-0.39, 0.29) is 11.8 Å². The highest BCUT2D eigenvalue weighted by Crippen LogP contribution is 2.26. The molecule has 114 valence electrons. The van der Waals surface area contributed by atoms with Gasteiger partial charge in [0.15, 0.2) is 0 Å². The first-order valence-corrected chi connectivity index (χ1v) is 7.43. The summed E-state index contributed by atoms with van der Waals surface area (Å²) in [6.07, 6.45) is 1.23. The highest BCUT2D eigenvalue weighted by atomic mass is 35.5. The molecule has 0 saturated carbocycles. The van der Waals surface area contributed by atoms with Crippen molar-refractivity contribution in [3.63, 3.8) is 0 Å². The normalized spacial score (nSPS) is 10.1. The van der Waals surface area contributed by atoms with Gasteiger partial charge in [0.05, 0.1) is 10.7 Å². The summed E-state index contributed by atoms with van der Waals surface area (Å²) in [5.41, 5.74) is 1.61. The lowest BCUT2D eigenvalue weighted by atomic mass is 10.2. The second-order valence-corrected chi connectivity index (χ2v) is 5.22. The van der Waals surface area contributed by atoms with Gasteiger partial charge in [-0.15, -0.1) is 0 Å². The van der Waals surface area contributed by atoms with Crippen molar-refractivity contribution in [3.8, 4) is 0 Å². The average molecular weight is 317 g/mol. The minimum Gasteiger partial charge on any atom is -0.326 e. The number of benzene rings is 2. The van der Waals surface area contributed by atoms with E-state index in [4.69, 9.17) is 11.6 Å². The minimum absolute atomic E-state index is 0.0647. The van der Waals surface area contributed by atoms with Gasteiger partial charge >= 0.3 is 0 Å². The first kappa shape index (κ1) is 16.0. The summed E-state index contributed by atoms with van der Waals surface area (Å²) in [5.74, 6) is -0.315. The predicted octanol–water partition coefficient (Wildman–Crippen LogP) is 4.33. The molecule has 0 bridgehead atoms. The molecule has 0 spiro atoms. The molecule has 2 aromatic carbocycles. The third-order valence-corrected chi connectivity index (χ3v) is 3.34. The van der Waals surface area contributed by atoms with E-state index >= 15 is 0 Å². The van der Waals surface area contributed by atoms with Crippen LogP contribution in [-0.4, -0.2) is 11.8 Å². The molecule has 0 aliphatic heterocycles. The van der Waals surface area contributed by atoms with E-state index in [1.165, 1.54) is 0 Å². The summed E-state index contributed by atoms with van der Waals surface area (Å²) in [5, 5.41) is 5.94. The van der Waals surface area contributed by atoms with Crippen molar-refractivity contribution in [3.05, 3.63) is 59.1 Å². The Bertz CT molecular complexity index is 672. The van der Waals surface area contributed by atoms with Crippen LogP contribution in [-0.2, 0) is 4.79 Å². The summed E-state index contributed by atoms with van der Waals surface area (Å²) >= 11 is 6.10. The molecule has 2 aromatic rings. The molecular formula is C17H17ClN2O2. The molecule has 2 rings (SSSR count). The molecule has 0 unspecified atom stereocenters. The summed E-state index contributed by atoms with van der Waals surface area (Å²) in [4.78, 5) is 23.8. The smallest absolute Gasteiger partial charge is 0.255 e. The second kappa shape index (κ2) is 7.61. The van der Waals surface area contributed by atoms with Gasteiger partial charge in [-0.3, -0.25) is 9.59 Å². The molecule has 0 atom stereocenters. The number of rotatable bonds is 5. The molecule has 4 nitrogen and oxygen atoms in total. The van der Waals surface area contributed by atoms with E-state index < -0.39 is 0 Å². The standard InChI is InChI=1S/C17H17ClN2O2/c1-2-6-16(21)19-13-9-10-14(18)15(11-13)20-17(22)12-7-4-3-5-8-12/h3-5,7-11H,2,6H2,1H3,(H,19,21)(H,20,22). The summed E-state index contributed by atoms with van der Waals surface area (Å²) in [6, 6.07) is 13.9. The van der Waals surface area contributed by atoms with E-state index in [0.29, 0.717) is 28.4 Å². The maximum atomic E-state index is 12.1. The fraction of sp³-hybridized carbons (Fsp3) is 0.176. The van der Waals surface area contributed by atoms with Crippen LogP contribution in [0.15, 0.2) is 48.5 Å². The zero-order valence-electron chi connectivity index (χ0n) is 12.2. The zero-order chi connectivity index (χ0) is 15.9. The lowest BCUT2D eigenvalue weighted by molar-refractivity contribution is -0.116. The Labute approximate surface area is 134 Å². The molecule has 0 radical (unpaired) electrons. The van der Waals surface area contributed by atoms with E-state index in [9.17, 15) is 9.59 Å². The Morgan fingerprint density at radius 1 is 1.05 bits per heavy atom. The van der Waals surface area contributed by atoms with Crippen molar-refractivity contribution >= 4 is 34.8 Å². The summed E-state index contributed by atoms with van der Waals surface area (Å²) in [6.45, 7) is 1.94. The third kappa shape index (κ3) is 4.33. The average Bonchev–Trinajstić information content (AvgIpc) is 2.51. The molecule has 0 aromatic heterocycles. The molecule has 0 fully saturated rings. The number of nitrogens with one attached hydrogen (secondary N) is 2. The van der Waals surface area contributed by atoms with Crippen LogP contribution in [0.3, 0.4) is 0 Å². The van der Waals surface area contributed by atoms with Crippen LogP contribution in [0.25, 0.3) is 0 Å². The van der Waals surface area contributed by atoms with E-state index in [1.54, 1.807) is 42.5 Å². The van der Waals surface area contributed by atoms with Crippen molar-refractivity contribution in [1.29, 1.82) is 0 Å². The predicted molar refractivity (Wildman–Crippen MR) is 89.4 cm³/mol. The van der Waals surface area contributed by atoms with Crippen LogP contribution < -0.4 is 10.6 Å². The molecule has 2 amide bonds. The monoisotopic (exact) mass is 316 g/mol. The van der Waals surface area contributed by atoms with Crippen LogP contribution in [0.4, 0.5) is 11.4 Å². The SMILES string of the molecule is CCCC(=O)Nc1ccc(Cl)c(NC(=O)c2ccccc2)c1. The lowest BCUT2D eigenvalue weighted by Crippen LogP contribution is -2.13. The van der Waals surface area contributed by atoms with Crippen LogP contribution in [0.1, 0.15) is 30.1 Å². The molecule has 0 aliphatic rings. The number of anilines is 2. The largest absolute Gasteiger partial charge is 0.326 e. The quantitative estimate of drug-likeness (QED) is 0.862. The summed E-state index contributed by atoms with van der Waals surface area (Å²) < 4.78 is 0. The van der Waals surface area contributed by atoms with Gasteiger partial charge in [-0.05, 0) is 36.8 Å². The van der Waals surface area contributed by atoms with Crippen LogP contribution in [0.5, 0.6) is 0 Å². The molecule has 22 heavy (non-hydrogen) atoms. The fourth-order valence-corrected chi connectivity index (χ4v) is 2.10. The fourth-order valence-electron chi connectivity index (χ4n) is 1.93. The molecule has 5 heteroatoms. The van der Waals surface area contributed by atoms with Crippen LogP contribution in [0.2, 0.25) is 5.02 Å². The highest BCUT2D eigenvalue weighted by molar-refractivity contribution is 6.34. The molecule has 0 heterocycles. The van der Waals surface area contributed by atoms with Gasteiger partial charge < -0.3 is 10.6 Å². The van der Waals surface area contributed by atoms with Crippen molar-refractivity contribution in [2.75, 3.05) is 10.6 Å². The van der Waals surface area contributed by atoms with Gasteiger partial charge in [0, 0.05) is 17.7 Å². The molecule has 0 saturated heterocycles. The number of halogens is 1. The van der Waals surface area contributed by atoms with Crippen molar-refractivity contribution < 1.29 is 9.59 Å². The highest BCUT2D eigenvalue weighted by Gasteiger charge is 2.09. The molecular weight excluding hydrogens is 300 g/mol. The lowest BCUT2D eigenvalue weighted by Gasteiger charge is -2.10. The Balaban J connectivity index is 2.13. The van der Waals surface area contributed by atoms with E-state index in [2.05, 4.69) is 10.6 Å². The van der Waals surface area contributed by atoms with Gasteiger partial charge in [-0.25, -0.2) is 0 Å². The van der Waals surface area contributed by atoms with Gasteiger partial charge in [0.1, 0.15) is 0 Å². The molecule has 2 N–H and O–H groups in total. The maximum absolute atomic E-state index is 12.1. The Hall–Kier alpha value is -2.33. The van der Waals surface area contributed by atoms with E-state index in [0.717, 1.165) is 6.42 Å². The Morgan fingerprint density at radius 3 is 2.45 bits per heavy atom.